The molecule has 2 aliphatic heterocycles. The lowest BCUT2D eigenvalue weighted by molar-refractivity contribution is 0.0748. The van der Waals surface area contributed by atoms with Crippen LogP contribution in [-0.2, 0) is 9.84 Å². The quantitative estimate of drug-likeness (QED) is 0.381. The van der Waals surface area contributed by atoms with E-state index in [1.807, 2.05) is 0 Å². The van der Waals surface area contributed by atoms with Crippen molar-refractivity contribution in [1.29, 1.82) is 0 Å². The van der Waals surface area contributed by atoms with E-state index < -0.39 is 21.7 Å². The number of pyridine rings is 1. The normalized spacial score (nSPS) is 19.1. The molecule has 8 nitrogen and oxygen atoms in total. The lowest BCUT2D eigenvalue weighted by Gasteiger charge is -2.36. The SMILES string of the molecule is Cc1nn(C2CCS(=O)(=O)C2)c2nc(-c3ccccc3F)cc(C(=O)N3CCN(c4ccc(F)cc4)CC3)c12. The van der Waals surface area contributed by atoms with Gasteiger partial charge in [0.15, 0.2) is 15.5 Å². The molecule has 11 heteroatoms. The number of piperazine rings is 1. The summed E-state index contributed by atoms with van der Waals surface area (Å²) in [5.41, 5.74) is 2.73. The van der Waals surface area contributed by atoms with Crippen molar-refractivity contribution < 1.29 is 22.0 Å². The predicted octanol–water partition coefficient (Wildman–Crippen LogP) is 4.01. The third-order valence-electron chi connectivity index (χ3n) is 7.53. The number of aromatic nitrogens is 3. The first-order chi connectivity index (χ1) is 18.7. The number of aryl methyl sites for hydroxylation is 1. The summed E-state index contributed by atoms with van der Waals surface area (Å²) in [6, 6.07) is 13.7. The van der Waals surface area contributed by atoms with Gasteiger partial charge in [-0.05, 0) is 55.8 Å². The second kappa shape index (κ2) is 9.71. The van der Waals surface area contributed by atoms with Crippen molar-refractivity contribution >= 4 is 32.5 Å². The van der Waals surface area contributed by atoms with E-state index >= 15 is 0 Å². The smallest absolute Gasteiger partial charge is 0.254 e. The molecule has 1 atom stereocenters. The largest absolute Gasteiger partial charge is 0.368 e. The van der Waals surface area contributed by atoms with E-state index in [1.54, 1.807) is 52.9 Å². The Morgan fingerprint density at radius 2 is 1.72 bits per heavy atom. The zero-order chi connectivity index (χ0) is 27.3. The maximum Gasteiger partial charge on any atom is 0.254 e. The van der Waals surface area contributed by atoms with Crippen LogP contribution in [0.2, 0.25) is 0 Å². The number of amides is 1. The first kappa shape index (κ1) is 25.4. The maximum absolute atomic E-state index is 14.8. The number of carbonyl (C=O) groups excluding carboxylic acids is 1. The van der Waals surface area contributed by atoms with Crippen molar-refractivity contribution in [3.05, 3.63) is 77.5 Å². The van der Waals surface area contributed by atoms with Gasteiger partial charge in [0.25, 0.3) is 5.91 Å². The van der Waals surface area contributed by atoms with Crippen molar-refractivity contribution in [2.75, 3.05) is 42.6 Å². The molecule has 1 unspecified atom stereocenters. The van der Waals surface area contributed by atoms with Crippen LogP contribution in [0.3, 0.4) is 0 Å². The van der Waals surface area contributed by atoms with E-state index in [2.05, 4.69) is 10.00 Å². The van der Waals surface area contributed by atoms with Gasteiger partial charge >= 0.3 is 0 Å². The van der Waals surface area contributed by atoms with E-state index in [4.69, 9.17) is 4.98 Å². The molecule has 0 aliphatic carbocycles. The molecule has 0 bridgehead atoms. The highest BCUT2D eigenvalue weighted by molar-refractivity contribution is 7.91. The molecule has 2 aliphatic rings. The summed E-state index contributed by atoms with van der Waals surface area (Å²) in [5, 5.41) is 5.17. The van der Waals surface area contributed by atoms with Crippen LogP contribution >= 0.6 is 0 Å². The highest BCUT2D eigenvalue weighted by Crippen LogP contribution is 2.33. The summed E-state index contributed by atoms with van der Waals surface area (Å²) < 4.78 is 54.2. The zero-order valence-electron chi connectivity index (χ0n) is 21.3. The van der Waals surface area contributed by atoms with Crippen LogP contribution < -0.4 is 4.90 Å². The number of halogens is 2. The molecular formula is C28H27F2N5O3S. The Bertz CT molecular complexity index is 1680. The van der Waals surface area contributed by atoms with Crippen molar-refractivity contribution in [2.24, 2.45) is 0 Å². The van der Waals surface area contributed by atoms with E-state index in [0.717, 1.165) is 5.69 Å². The van der Waals surface area contributed by atoms with Crippen molar-refractivity contribution in [2.45, 2.75) is 19.4 Å². The molecular weight excluding hydrogens is 524 g/mol. The molecule has 39 heavy (non-hydrogen) atoms. The molecule has 0 radical (unpaired) electrons. The molecule has 6 rings (SSSR count). The topological polar surface area (TPSA) is 88.4 Å². The van der Waals surface area contributed by atoms with Crippen LogP contribution in [0, 0.1) is 18.6 Å². The third kappa shape index (κ3) is 4.75. The van der Waals surface area contributed by atoms with Crippen LogP contribution in [0.25, 0.3) is 22.3 Å². The van der Waals surface area contributed by atoms with Gasteiger partial charge in [0.1, 0.15) is 11.6 Å². The Hall–Kier alpha value is -3.86. The molecule has 4 heterocycles. The lowest BCUT2D eigenvalue weighted by Crippen LogP contribution is -2.48. The van der Waals surface area contributed by atoms with Crippen molar-refractivity contribution in [3.63, 3.8) is 0 Å². The summed E-state index contributed by atoms with van der Waals surface area (Å²) in [6.45, 7) is 3.82. The number of benzene rings is 2. The van der Waals surface area contributed by atoms with Gasteiger partial charge in [0.05, 0.1) is 39.9 Å². The number of sulfone groups is 1. The van der Waals surface area contributed by atoms with E-state index in [-0.39, 0.29) is 34.5 Å². The summed E-state index contributed by atoms with van der Waals surface area (Å²) in [4.78, 5) is 22.5. The Labute approximate surface area is 224 Å². The van der Waals surface area contributed by atoms with Crippen LogP contribution in [0.4, 0.5) is 14.5 Å². The van der Waals surface area contributed by atoms with Crippen LogP contribution in [0.1, 0.15) is 28.5 Å². The van der Waals surface area contributed by atoms with Crippen molar-refractivity contribution in [3.8, 4) is 11.3 Å². The second-order valence-corrected chi connectivity index (χ2v) is 12.3. The molecule has 0 spiro atoms. The molecule has 2 fully saturated rings. The minimum atomic E-state index is -3.20. The molecule has 2 aromatic carbocycles. The highest BCUT2D eigenvalue weighted by Gasteiger charge is 2.33. The molecule has 2 aromatic heterocycles. The van der Waals surface area contributed by atoms with Gasteiger partial charge in [-0.3, -0.25) is 4.79 Å². The Morgan fingerprint density at radius 1 is 1.00 bits per heavy atom. The lowest BCUT2D eigenvalue weighted by atomic mass is 10.0. The standard InChI is InChI=1S/C28H27F2N5O3S/c1-18-26-23(28(36)34-13-11-33(12-14-34)20-8-6-19(29)7-9-20)16-25(22-4-2-3-5-24(22)30)31-27(26)35(32-18)21-10-15-39(37,38)17-21/h2-9,16,21H,10-15,17H2,1H3. The van der Waals surface area contributed by atoms with Gasteiger partial charge in [-0.15, -0.1) is 0 Å². The molecule has 0 N–H and O–H groups in total. The third-order valence-corrected chi connectivity index (χ3v) is 9.28. The molecule has 1 amide bonds. The average Bonchev–Trinajstić information content (AvgIpc) is 3.47. The monoisotopic (exact) mass is 551 g/mol. The summed E-state index contributed by atoms with van der Waals surface area (Å²) in [5.74, 6) is -0.980. The Balaban J connectivity index is 1.39. The second-order valence-electron chi connectivity index (χ2n) is 10.1. The number of hydrogen-bond donors (Lipinski definition) is 0. The Morgan fingerprint density at radius 3 is 2.38 bits per heavy atom. The first-order valence-electron chi connectivity index (χ1n) is 12.9. The molecule has 4 aromatic rings. The number of anilines is 1. The Kier molecular flexibility index (Phi) is 6.33. The predicted molar refractivity (Wildman–Crippen MR) is 144 cm³/mol. The number of nitrogens with zero attached hydrogens (tertiary/aromatic N) is 5. The fourth-order valence-electron chi connectivity index (χ4n) is 5.50. The molecule has 202 valence electrons. The van der Waals surface area contributed by atoms with E-state index in [1.165, 1.54) is 18.2 Å². The average molecular weight is 552 g/mol. The van der Waals surface area contributed by atoms with Gasteiger partial charge in [-0.25, -0.2) is 26.9 Å². The summed E-state index contributed by atoms with van der Waals surface area (Å²) >= 11 is 0. The van der Waals surface area contributed by atoms with Gasteiger partial charge in [0.2, 0.25) is 0 Å². The first-order valence-corrected chi connectivity index (χ1v) is 14.7. The summed E-state index contributed by atoms with van der Waals surface area (Å²) in [6.07, 6.45) is 0.402. The van der Waals surface area contributed by atoms with E-state index in [9.17, 15) is 22.0 Å². The number of rotatable bonds is 4. The number of fused-ring (bicyclic) bond motifs is 1. The fourth-order valence-corrected chi connectivity index (χ4v) is 7.19. The van der Waals surface area contributed by atoms with Crippen molar-refractivity contribution in [1.82, 2.24) is 19.7 Å². The number of hydrogen-bond acceptors (Lipinski definition) is 6. The zero-order valence-corrected chi connectivity index (χ0v) is 22.2. The van der Waals surface area contributed by atoms with Gasteiger partial charge in [-0.1, -0.05) is 12.1 Å². The fraction of sp³-hybridized carbons (Fsp3) is 0.321. The van der Waals surface area contributed by atoms with Crippen LogP contribution in [0.15, 0.2) is 54.6 Å². The van der Waals surface area contributed by atoms with Gasteiger partial charge in [-0.2, -0.15) is 5.10 Å². The van der Waals surface area contributed by atoms with Gasteiger partial charge < -0.3 is 9.80 Å². The summed E-state index contributed by atoms with van der Waals surface area (Å²) in [7, 11) is -3.20. The van der Waals surface area contributed by atoms with E-state index in [0.29, 0.717) is 54.9 Å². The highest BCUT2D eigenvalue weighted by atomic mass is 32.2. The number of carbonyl (C=O) groups is 1. The minimum absolute atomic E-state index is 0.0521. The maximum atomic E-state index is 14.8. The minimum Gasteiger partial charge on any atom is -0.368 e. The molecule has 2 saturated heterocycles. The molecule has 0 saturated carbocycles. The van der Waals surface area contributed by atoms with Crippen LogP contribution in [0.5, 0.6) is 0 Å². The van der Waals surface area contributed by atoms with Crippen LogP contribution in [-0.4, -0.2) is 71.7 Å². The van der Waals surface area contributed by atoms with Gasteiger partial charge in [0, 0.05) is 37.4 Å².